The van der Waals surface area contributed by atoms with Crippen LogP contribution in [0.5, 0.6) is 5.75 Å². The fourth-order valence-corrected chi connectivity index (χ4v) is 2.60. The van der Waals surface area contributed by atoms with E-state index in [1.165, 1.54) is 19.2 Å². The van der Waals surface area contributed by atoms with E-state index in [-0.39, 0.29) is 17.9 Å². The molecule has 1 amide bonds. The minimum absolute atomic E-state index is 0.0161. The number of nitro benzene ring substituents is 1. The third kappa shape index (κ3) is 5.06. The van der Waals surface area contributed by atoms with Gasteiger partial charge in [-0.25, -0.2) is 0 Å². The van der Waals surface area contributed by atoms with Crippen molar-refractivity contribution >= 4 is 23.3 Å². The van der Waals surface area contributed by atoms with Crippen LogP contribution in [0.2, 0.25) is 0 Å². The molecule has 1 heterocycles. The number of hydrogen-bond acceptors (Lipinski definition) is 8. The van der Waals surface area contributed by atoms with Gasteiger partial charge < -0.3 is 19.3 Å². The van der Waals surface area contributed by atoms with Crippen molar-refractivity contribution in [2.24, 2.45) is 0 Å². The van der Waals surface area contributed by atoms with Crippen LogP contribution in [0.1, 0.15) is 29.0 Å². The Bertz CT molecular complexity index is 885. The molecule has 1 N–H and O–H groups in total. The van der Waals surface area contributed by atoms with Crippen LogP contribution in [0, 0.1) is 30.9 Å². The van der Waals surface area contributed by atoms with Crippen molar-refractivity contribution in [3.05, 3.63) is 44.8 Å². The molecule has 0 radical (unpaired) electrons. The number of rotatable bonds is 8. The SMILES string of the molecule is COc1cc(NC(=O)COC(=O)CCc2c(C)noc2C)c(C)cc1[N+](=O)[O-]. The zero-order valence-electron chi connectivity index (χ0n) is 16.0. The summed E-state index contributed by atoms with van der Waals surface area (Å²) in [6.45, 7) is 4.68. The van der Waals surface area contributed by atoms with Crippen LogP contribution in [-0.2, 0) is 20.7 Å². The van der Waals surface area contributed by atoms with E-state index in [0.29, 0.717) is 29.1 Å². The molecule has 0 aliphatic rings. The molecule has 0 bridgehead atoms. The van der Waals surface area contributed by atoms with Gasteiger partial charge in [-0.2, -0.15) is 0 Å². The van der Waals surface area contributed by atoms with Crippen LogP contribution in [0.25, 0.3) is 0 Å². The van der Waals surface area contributed by atoms with Crippen molar-refractivity contribution in [2.75, 3.05) is 19.0 Å². The molecule has 0 aliphatic heterocycles. The molecule has 1 aromatic heterocycles. The number of nitro groups is 1. The molecule has 0 unspecified atom stereocenters. The summed E-state index contributed by atoms with van der Waals surface area (Å²) in [4.78, 5) is 34.3. The number of aromatic nitrogens is 1. The largest absolute Gasteiger partial charge is 0.490 e. The summed E-state index contributed by atoms with van der Waals surface area (Å²) in [6, 6.07) is 2.65. The van der Waals surface area contributed by atoms with Crippen molar-refractivity contribution in [3.63, 3.8) is 0 Å². The second-order valence-electron chi connectivity index (χ2n) is 6.11. The highest BCUT2D eigenvalue weighted by molar-refractivity contribution is 5.94. The van der Waals surface area contributed by atoms with E-state index in [4.69, 9.17) is 14.0 Å². The predicted molar refractivity (Wildman–Crippen MR) is 98.3 cm³/mol. The summed E-state index contributed by atoms with van der Waals surface area (Å²) >= 11 is 0. The van der Waals surface area contributed by atoms with E-state index < -0.39 is 23.4 Å². The number of nitrogens with one attached hydrogen (secondary N) is 1. The molecule has 0 fully saturated rings. The van der Waals surface area contributed by atoms with Gasteiger partial charge in [0.25, 0.3) is 5.91 Å². The quantitative estimate of drug-likeness (QED) is 0.412. The van der Waals surface area contributed by atoms with Gasteiger partial charge in [0.05, 0.1) is 17.7 Å². The zero-order chi connectivity index (χ0) is 20.8. The second kappa shape index (κ2) is 8.98. The third-order valence-corrected chi connectivity index (χ3v) is 4.12. The summed E-state index contributed by atoms with van der Waals surface area (Å²) in [5, 5.41) is 17.4. The number of amides is 1. The highest BCUT2D eigenvalue weighted by Gasteiger charge is 2.19. The second-order valence-corrected chi connectivity index (χ2v) is 6.11. The number of ether oxygens (including phenoxy) is 2. The van der Waals surface area contributed by atoms with Gasteiger partial charge in [0, 0.05) is 29.8 Å². The number of carbonyl (C=O) groups is 2. The zero-order valence-corrected chi connectivity index (χ0v) is 16.0. The van der Waals surface area contributed by atoms with Crippen LogP contribution in [-0.4, -0.2) is 35.7 Å². The van der Waals surface area contributed by atoms with Crippen molar-refractivity contribution in [1.82, 2.24) is 5.16 Å². The van der Waals surface area contributed by atoms with Gasteiger partial charge in [-0.15, -0.1) is 0 Å². The first-order valence-corrected chi connectivity index (χ1v) is 8.43. The number of aryl methyl sites for hydroxylation is 3. The maximum atomic E-state index is 12.0. The summed E-state index contributed by atoms with van der Waals surface area (Å²) in [5.41, 5.74) is 2.16. The Morgan fingerprint density at radius 1 is 1.29 bits per heavy atom. The topological polar surface area (TPSA) is 134 Å². The molecule has 2 rings (SSSR count). The molecule has 10 heteroatoms. The molecular weight excluding hydrogens is 370 g/mol. The summed E-state index contributed by atoms with van der Waals surface area (Å²) in [7, 11) is 1.30. The fourth-order valence-electron chi connectivity index (χ4n) is 2.60. The first kappa shape index (κ1) is 20.9. The Balaban J connectivity index is 1.90. The number of nitrogens with zero attached hydrogens (tertiary/aromatic N) is 2. The summed E-state index contributed by atoms with van der Waals surface area (Å²) < 4.78 is 15.0. The third-order valence-electron chi connectivity index (χ3n) is 4.12. The number of esters is 1. The van der Waals surface area contributed by atoms with Crippen molar-refractivity contribution in [3.8, 4) is 5.75 Å². The van der Waals surface area contributed by atoms with Crippen molar-refractivity contribution < 1.29 is 28.5 Å². The van der Waals surface area contributed by atoms with E-state index in [9.17, 15) is 19.7 Å². The van der Waals surface area contributed by atoms with E-state index >= 15 is 0 Å². The molecule has 0 spiro atoms. The first-order chi connectivity index (χ1) is 13.2. The standard InChI is InChI=1S/C18H21N3O7/c1-10-7-15(21(24)25)16(26-4)8-14(10)19-17(22)9-27-18(23)6-5-13-11(2)20-28-12(13)3/h7-8H,5-6,9H2,1-4H3,(H,19,22). The van der Waals surface area contributed by atoms with E-state index in [1.54, 1.807) is 20.8 Å². The molecule has 2 aromatic rings. The number of carbonyl (C=O) groups excluding carboxylic acids is 2. The van der Waals surface area contributed by atoms with Crippen LogP contribution in [0.3, 0.4) is 0 Å². The van der Waals surface area contributed by atoms with Gasteiger partial charge in [-0.05, 0) is 32.8 Å². The summed E-state index contributed by atoms with van der Waals surface area (Å²) in [6.07, 6.45) is 0.487. The molecule has 10 nitrogen and oxygen atoms in total. The Morgan fingerprint density at radius 2 is 2.00 bits per heavy atom. The van der Waals surface area contributed by atoms with Crippen LogP contribution in [0.15, 0.2) is 16.7 Å². The monoisotopic (exact) mass is 391 g/mol. The number of hydrogen-bond donors (Lipinski definition) is 1. The Labute approximate surface area is 160 Å². The molecule has 28 heavy (non-hydrogen) atoms. The maximum Gasteiger partial charge on any atom is 0.311 e. The summed E-state index contributed by atoms with van der Waals surface area (Å²) in [5.74, 6) is -0.439. The molecule has 0 aliphatic carbocycles. The minimum Gasteiger partial charge on any atom is -0.490 e. The lowest BCUT2D eigenvalue weighted by atomic mass is 10.1. The normalized spacial score (nSPS) is 10.4. The van der Waals surface area contributed by atoms with Gasteiger partial charge in [0.1, 0.15) is 5.76 Å². The highest BCUT2D eigenvalue weighted by atomic mass is 16.6. The van der Waals surface area contributed by atoms with Gasteiger partial charge in [0.15, 0.2) is 12.4 Å². The molecule has 150 valence electrons. The van der Waals surface area contributed by atoms with E-state index in [2.05, 4.69) is 10.5 Å². The lowest BCUT2D eigenvalue weighted by Crippen LogP contribution is -2.21. The van der Waals surface area contributed by atoms with Gasteiger partial charge in [-0.1, -0.05) is 5.16 Å². The first-order valence-electron chi connectivity index (χ1n) is 8.43. The number of methoxy groups -OCH3 is 1. The lowest BCUT2D eigenvalue weighted by Gasteiger charge is -2.11. The van der Waals surface area contributed by atoms with Crippen molar-refractivity contribution in [1.29, 1.82) is 0 Å². The molecule has 0 atom stereocenters. The average Bonchev–Trinajstić information content (AvgIpc) is 2.97. The fraction of sp³-hybridized carbons (Fsp3) is 0.389. The van der Waals surface area contributed by atoms with Gasteiger partial charge in [-0.3, -0.25) is 19.7 Å². The van der Waals surface area contributed by atoms with Crippen LogP contribution < -0.4 is 10.1 Å². The number of benzene rings is 1. The Morgan fingerprint density at radius 3 is 2.57 bits per heavy atom. The Hall–Kier alpha value is -3.43. The molecular formula is C18H21N3O7. The molecule has 1 aromatic carbocycles. The van der Waals surface area contributed by atoms with Gasteiger partial charge in [0.2, 0.25) is 0 Å². The maximum absolute atomic E-state index is 12.0. The smallest absolute Gasteiger partial charge is 0.311 e. The Kier molecular flexibility index (Phi) is 6.69. The molecule has 0 saturated heterocycles. The van der Waals surface area contributed by atoms with Crippen molar-refractivity contribution in [2.45, 2.75) is 33.6 Å². The predicted octanol–water partition coefficient (Wildman–Crippen LogP) is 2.63. The molecule has 0 saturated carbocycles. The number of anilines is 1. The minimum atomic E-state index is -0.571. The van der Waals surface area contributed by atoms with Gasteiger partial charge >= 0.3 is 11.7 Å². The van der Waals surface area contributed by atoms with Crippen LogP contribution in [0.4, 0.5) is 11.4 Å². The van der Waals surface area contributed by atoms with E-state index in [1.807, 2.05) is 0 Å². The highest BCUT2D eigenvalue weighted by Crippen LogP contribution is 2.32. The van der Waals surface area contributed by atoms with E-state index in [0.717, 1.165) is 5.56 Å². The average molecular weight is 391 g/mol. The lowest BCUT2D eigenvalue weighted by molar-refractivity contribution is -0.385. The van der Waals surface area contributed by atoms with Crippen LogP contribution >= 0.6 is 0 Å².